The molecule has 0 radical (unpaired) electrons. The minimum Gasteiger partial charge on any atom is -0.324 e. The fraction of sp³-hybridized carbons (Fsp3) is 0.364. The van der Waals surface area contributed by atoms with Crippen molar-refractivity contribution in [2.45, 2.75) is 24.0 Å². The van der Waals surface area contributed by atoms with Gasteiger partial charge in [0.1, 0.15) is 0 Å². The van der Waals surface area contributed by atoms with Crippen LogP contribution >= 0.6 is 11.8 Å². The molecule has 1 aliphatic heterocycles. The van der Waals surface area contributed by atoms with Gasteiger partial charge < -0.3 is 5.32 Å². The molecule has 0 bridgehead atoms. The highest BCUT2D eigenvalue weighted by Gasteiger charge is 2.28. The lowest BCUT2D eigenvalue weighted by Crippen LogP contribution is -2.32. The maximum Gasteiger partial charge on any atom is 0.238 e. The highest BCUT2D eigenvalue weighted by atomic mass is 32.2. The van der Waals surface area contributed by atoms with Crippen molar-refractivity contribution in [1.82, 2.24) is 0 Å². The zero-order valence-corrected chi connectivity index (χ0v) is 9.10. The number of anilines is 1. The van der Waals surface area contributed by atoms with E-state index in [1.807, 2.05) is 18.2 Å². The van der Waals surface area contributed by atoms with Crippen molar-refractivity contribution in [3.8, 4) is 0 Å². The molecule has 0 aliphatic carbocycles. The Morgan fingerprint density at radius 2 is 2.07 bits per heavy atom. The Bertz CT molecular complexity index is 362. The Balaban J connectivity index is 2.31. The summed E-state index contributed by atoms with van der Waals surface area (Å²) < 4.78 is 0. The van der Waals surface area contributed by atoms with Gasteiger partial charge in [0.25, 0.3) is 0 Å². The molecule has 1 aromatic carbocycles. The molecule has 2 rings (SSSR count). The summed E-state index contributed by atoms with van der Waals surface area (Å²) in [5.41, 5.74) is 0.944. The van der Waals surface area contributed by atoms with Crippen LogP contribution in [-0.4, -0.2) is 11.2 Å². The zero-order chi connectivity index (χ0) is 10.1. The lowest BCUT2D eigenvalue weighted by Gasteiger charge is -2.26. The third-order valence-electron chi connectivity index (χ3n) is 2.26. The Hall–Kier alpha value is -0.960. The summed E-state index contributed by atoms with van der Waals surface area (Å²) in [5.74, 6) is 0.497. The van der Waals surface area contributed by atoms with E-state index in [2.05, 4.69) is 25.2 Å². The van der Waals surface area contributed by atoms with Crippen molar-refractivity contribution in [3.05, 3.63) is 24.3 Å². The van der Waals surface area contributed by atoms with E-state index in [9.17, 15) is 4.79 Å². The van der Waals surface area contributed by atoms with Crippen LogP contribution in [0.5, 0.6) is 0 Å². The quantitative estimate of drug-likeness (QED) is 0.767. The largest absolute Gasteiger partial charge is 0.324 e. The van der Waals surface area contributed by atoms with Gasteiger partial charge in [-0.25, -0.2) is 0 Å². The molecule has 14 heavy (non-hydrogen) atoms. The number of hydrogen-bond acceptors (Lipinski definition) is 2. The van der Waals surface area contributed by atoms with Crippen LogP contribution in [-0.2, 0) is 4.79 Å². The molecule has 1 atom stereocenters. The SMILES string of the molecule is CC(C)C1Sc2ccccc2NC1=O. The van der Waals surface area contributed by atoms with E-state index >= 15 is 0 Å². The molecule has 0 fully saturated rings. The minimum absolute atomic E-state index is 0.0462. The number of fused-ring (bicyclic) bond motifs is 1. The smallest absolute Gasteiger partial charge is 0.238 e. The Morgan fingerprint density at radius 1 is 1.36 bits per heavy atom. The fourth-order valence-electron chi connectivity index (χ4n) is 1.51. The van der Waals surface area contributed by atoms with E-state index in [1.165, 1.54) is 4.90 Å². The van der Waals surface area contributed by atoms with Gasteiger partial charge in [-0.05, 0) is 18.1 Å². The molecule has 1 aromatic rings. The number of para-hydroxylation sites is 1. The van der Waals surface area contributed by atoms with E-state index in [1.54, 1.807) is 11.8 Å². The van der Waals surface area contributed by atoms with E-state index in [4.69, 9.17) is 0 Å². The molecule has 0 spiro atoms. The maximum absolute atomic E-state index is 11.7. The van der Waals surface area contributed by atoms with Gasteiger partial charge in [-0.1, -0.05) is 26.0 Å². The van der Waals surface area contributed by atoms with Crippen LogP contribution in [0.1, 0.15) is 13.8 Å². The van der Waals surface area contributed by atoms with Crippen LogP contribution in [0.3, 0.4) is 0 Å². The number of carbonyl (C=O) groups is 1. The van der Waals surface area contributed by atoms with Gasteiger partial charge in [0.05, 0.1) is 10.9 Å². The van der Waals surface area contributed by atoms with E-state index in [0.717, 1.165) is 5.69 Å². The van der Waals surface area contributed by atoms with Crippen LogP contribution < -0.4 is 5.32 Å². The highest BCUT2D eigenvalue weighted by molar-refractivity contribution is 8.01. The average Bonchev–Trinajstić information content (AvgIpc) is 2.16. The first kappa shape index (κ1) is 9.59. The Kier molecular flexibility index (Phi) is 2.50. The molecule has 1 aliphatic rings. The van der Waals surface area contributed by atoms with Gasteiger partial charge in [0, 0.05) is 4.90 Å². The molecule has 0 saturated heterocycles. The first-order chi connectivity index (χ1) is 6.68. The molecule has 1 heterocycles. The van der Waals surface area contributed by atoms with Gasteiger partial charge in [-0.3, -0.25) is 4.79 Å². The van der Waals surface area contributed by atoms with Crippen LogP contribution in [0.2, 0.25) is 0 Å². The molecular formula is C11H13NOS. The summed E-state index contributed by atoms with van der Waals surface area (Å²) in [6.07, 6.45) is 0. The predicted octanol–water partition coefficient (Wildman–Crippen LogP) is 2.76. The average molecular weight is 207 g/mol. The highest BCUT2D eigenvalue weighted by Crippen LogP contribution is 2.37. The second-order valence-corrected chi connectivity index (χ2v) is 4.95. The van der Waals surface area contributed by atoms with Gasteiger partial charge >= 0.3 is 0 Å². The van der Waals surface area contributed by atoms with Crippen molar-refractivity contribution < 1.29 is 4.79 Å². The topological polar surface area (TPSA) is 29.1 Å². The van der Waals surface area contributed by atoms with Gasteiger partial charge in [-0.15, -0.1) is 11.8 Å². The molecule has 74 valence electrons. The first-order valence-corrected chi connectivity index (χ1v) is 5.63. The monoisotopic (exact) mass is 207 g/mol. The summed E-state index contributed by atoms with van der Waals surface area (Å²) in [4.78, 5) is 12.8. The summed E-state index contributed by atoms with van der Waals surface area (Å²) in [7, 11) is 0. The first-order valence-electron chi connectivity index (χ1n) is 4.75. The van der Waals surface area contributed by atoms with E-state index in [0.29, 0.717) is 5.92 Å². The van der Waals surface area contributed by atoms with Crippen LogP contribution in [0.25, 0.3) is 0 Å². The van der Waals surface area contributed by atoms with Crippen LogP contribution in [0.4, 0.5) is 5.69 Å². The molecule has 1 unspecified atom stereocenters. The van der Waals surface area contributed by atoms with Crippen LogP contribution in [0, 0.1) is 5.92 Å². The maximum atomic E-state index is 11.7. The molecular weight excluding hydrogens is 194 g/mol. The molecule has 0 saturated carbocycles. The second-order valence-electron chi connectivity index (χ2n) is 3.77. The summed E-state index contributed by atoms with van der Waals surface area (Å²) in [5, 5.41) is 2.98. The number of thioether (sulfide) groups is 1. The van der Waals surface area contributed by atoms with E-state index < -0.39 is 0 Å². The third-order valence-corrected chi connectivity index (χ3v) is 3.89. The number of rotatable bonds is 1. The zero-order valence-electron chi connectivity index (χ0n) is 8.28. The minimum atomic E-state index is 0.0462. The van der Waals surface area contributed by atoms with Crippen LogP contribution in [0.15, 0.2) is 29.2 Å². The normalized spacial score (nSPS) is 20.5. The standard InChI is InChI=1S/C11H13NOS/c1-7(2)10-11(13)12-8-5-3-4-6-9(8)14-10/h3-7,10H,1-2H3,(H,12,13). The summed E-state index contributed by atoms with van der Waals surface area (Å²) in [6.45, 7) is 4.15. The van der Waals surface area contributed by atoms with Crippen molar-refractivity contribution >= 4 is 23.4 Å². The van der Waals surface area contributed by atoms with Crippen molar-refractivity contribution in [2.75, 3.05) is 5.32 Å². The van der Waals surface area contributed by atoms with E-state index in [-0.39, 0.29) is 11.2 Å². The van der Waals surface area contributed by atoms with Gasteiger partial charge in [0.2, 0.25) is 5.91 Å². The fourth-order valence-corrected chi connectivity index (χ4v) is 2.62. The number of hydrogen-bond donors (Lipinski definition) is 1. The van der Waals surface area contributed by atoms with Crippen molar-refractivity contribution in [1.29, 1.82) is 0 Å². The third kappa shape index (κ3) is 1.64. The molecule has 0 aromatic heterocycles. The Morgan fingerprint density at radius 3 is 2.79 bits per heavy atom. The number of carbonyl (C=O) groups excluding carboxylic acids is 1. The van der Waals surface area contributed by atoms with Crippen molar-refractivity contribution in [3.63, 3.8) is 0 Å². The molecule has 2 nitrogen and oxygen atoms in total. The molecule has 1 amide bonds. The Labute approximate surface area is 88.1 Å². The number of nitrogens with one attached hydrogen (secondary N) is 1. The molecule has 1 N–H and O–H groups in total. The number of benzene rings is 1. The summed E-state index contributed by atoms with van der Waals surface area (Å²) >= 11 is 1.66. The van der Waals surface area contributed by atoms with Gasteiger partial charge in [0.15, 0.2) is 0 Å². The summed E-state index contributed by atoms with van der Waals surface area (Å²) in [6, 6.07) is 7.93. The van der Waals surface area contributed by atoms with Gasteiger partial charge in [-0.2, -0.15) is 0 Å². The molecule has 3 heteroatoms. The lowest BCUT2D eigenvalue weighted by molar-refractivity contribution is -0.116. The second kappa shape index (κ2) is 3.65. The lowest BCUT2D eigenvalue weighted by atomic mass is 10.1. The number of amides is 1. The predicted molar refractivity (Wildman–Crippen MR) is 59.6 cm³/mol. The van der Waals surface area contributed by atoms with Crippen molar-refractivity contribution in [2.24, 2.45) is 5.92 Å².